The van der Waals surface area contributed by atoms with Crippen molar-refractivity contribution in [1.82, 2.24) is 9.97 Å². The van der Waals surface area contributed by atoms with Crippen LogP contribution in [0.15, 0.2) is 36.5 Å². The average molecular weight is 432 g/mol. The molecule has 2 bridgehead atoms. The third-order valence-corrected chi connectivity index (χ3v) is 6.21. The van der Waals surface area contributed by atoms with E-state index in [1.165, 1.54) is 4.90 Å². The summed E-state index contributed by atoms with van der Waals surface area (Å²) in [6, 6.07) is 6.66. The van der Waals surface area contributed by atoms with Gasteiger partial charge in [0, 0.05) is 25.8 Å². The van der Waals surface area contributed by atoms with Crippen LogP contribution >= 0.6 is 0 Å². The Bertz CT molecular complexity index is 969. The van der Waals surface area contributed by atoms with Gasteiger partial charge in [0.05, 0.1) is 11.7 Å². The summed E-state index contributed by atoms with van der Waals surface area (Å²) in [7, 11) is 0. The first-order valence-electron chi connectivity index (χ1n) is 10.5. The summed E-state index contributed by atoms with van der Waals surface area (Å²) >= 11 is 0. The highest BCUT2D eigenvalue weighted by atomic mass is 19.4. The van der Waals surface area contributed by atoms with Crippen molar-refractivity contribution < 1.29 is 18.0 Å². The summed E-state index contributed by atoms with van der Waals surface area (Å²) in [5, 5.41) is 2.80. The first-order chi connectivity index (χ1) is 14.9. The molecule has 0 spiro atoms. The highest BCUT2D eigenvalue weighted by molar-refractivity contribution is 6.04. The smallest absolute Gasteiger partial charge is 0.366 e. The largest absolute Gasteiger partial charge is 0.408 e. The number of piperidine rings is 1. The van der Waals surface area contributed by atoms with Gasteiger partial charge >= 0.3 is 12.2 Å². The van der Waals surface area contributed by atoms with E-state index in [2.05, 4.69) is 20.2 Å². The topological polar surface area (TPSA) is 64.6 Å². The Labute approximate surface area is 177 Å². The number of rotatable bonds is 2. The summed E-state index contributed by atoms with van der Waals surface area (Å²) in [5.41, 5.74) is 0.777. The molecule has 31 heavy (non-hydrogen) atoms. The van der Waals surface area contributed by atoms with Crippen LogP contribution < -0.4 is 20.0 Å². The number of hydrogen-bond donors (Lipinski definition) is 1. The monoisotopic (exact) mass is 432 g/mol. The number of fused-ring (bicyclic) bond motifs is 4. The van der Waals surface area contributed by atoms with E-state index in [-0.39, 0.29) is 24.3 Å². The Morgan fingerprint density at radius 2 is 1.94 bits per heavy atom. The molecule has 0 aliphatic carbocycles. The zero-order valence-electron chi connectivity index (χ0n) is 16.8. The van der Waals surface area contributed by atoms with Crippen LogP contribution in [0.1, 0.15) is 25.7 Å². The highest BCUT2D eigenvalue weighted by Gasteiger charge is 2.47. The van der Waals surface area contributed by atoms with Gasteiger partial charge in [-0.05, 0) is 49.9 Å². The minimum absolute atomic E-state index is 0.0564. The fraction of sp³-hybridized carbons (Fsp3) is 0.476. The number of halogens is 3. The summed E-state index contributed by atoms with van der Waals surface area (Å²) < 4.78 is 40.5. The molecule has 2 aromatic heterocycles. The van der Waals surface area contributed by atoms with Gasteiger partial charge in [0.15, 0.2) is 5.82 Å². The highest BCUT2D eigenvalue weighted by Crippen LogP contribution is 2.41. The van der Waals surface area contributed by atoms with Gasteiger partial charge in [-0.1, -0.05) is 6.07 Å². The fourth-order valence-electron chi connectivity index (χ4n) is 4.82. The molecule has 7 nitrogen and oxygen atoms in total. The summed E-state index contributed by atoms with van der Waals surface area (Å²) in [4.78, 5) is 27.0. The summed E-state index contributed by atoms with van der Waals surface area (Å²) in [6.45, 7) is 1.82. The zero-order valence-corrected chi connectivity index (χ0v) is 16.8. The van der Waals surface area contributed by atoms with E-state index >= 15 is 0 Å². The molecule has 2 aromatic rings. The second kappa shape index (κ2) is 7.58. The molecule has 5 heterocycles. The van der Waals surface area contributed by atoms with Gasteiger partial charge in [0.25, 0.3) is 0 Å². The fourth-order valence-corrected chi connectivity index (χ4v) is 4.82. The first kappa shape index (κ1) is 19.9. The van der Waals surface area contributed by atoms with Crippen molar-refractivity contribution in [2.24, 2.45) is 0 Å². The molecular formula is C21H23F3N6O. The molecule has 10 heteroatoms. The van der Waals surface area contributed by atoms with Crippen LogP contribution in [0.3, 0.4) is 0 Å². The van der Waals surface area contributed by atoms with E-state index in [4.69, 9.17) is 0 Å². The number of anilines is 4. The third-order valence-electron chi connectivity index (χ3n) is 6.21. The maximum Gasteiger partial charge on any atom is 0.408 e. The van der Waals surface area contributed by atoms with E-state index < -0.39 is 12.2 Å². The Morgan fingerprint density at radius 3 is 2.71 bits per heavy atom. The van der Waals surface area contributed by atoms with Crippen molar-refractivity contribution in [2.45, 2.75) is 43.9 Å². The number of nitrogens with zero attached hydrogens (tertiary/aromatic N) is 5. The number of alkyl halides is 3. The number of hydrogen-bond acceptors (Lipinski definition) is 5. The standard InChI is InChI=1S/C21H23F3N6O/c22-21(23,24)16-6-4-12-29(16)18-9-8-15-19(27-18)30(14-5-3-11-28(15)13-14)20(31)26-17-7-1-2-10-25-17/h1-2,7-10,14,16H,3-6,11-13H2,(H,25,26,31)/t14-,16+/m0/s1. The van der Waals surface area contributed by atoms with Crippen molar-refractivity contribution in [1.29, 1.82) is 0 Å². The van der Waals surface area contributed by atoms with Gasteiger partial charge in [-0.2, -0.15) is 13.2 Å². The molecule has 0 unspecified atom stereocenters. The molecule has 3 aliphatic heterocycles. The van der Waals surface area contributed by atoms with Crippen LogP contribution in [-0.2, 0) is 0 Å². The lowest BCUT2D eigenvalue weighted by molar-refractivity contribution is -0.146. The molecule has 164 valence electrons. The molecule has 2 saturated heterocycles. The van der Waals surface area contributed by atoms with E-state index in [1.54, 1.807) is 41.4 Å². The number of urea groups is 1. The first-order valence-corrected chi connectivity index (χ1v) is 10.5. The Morgan fingerprint density at radius 1 is 1.10 bits per heavy atom. The van der Waals surface area contributed by atoms with Crippen molar-refractivity contribution in [2.75, 3.05) is 39.7 Å². The van der Waals surface area contributed by atoms with E-state index in [9.17, 15) is 18.0 Å². The van der Waals surface area contributed by atoms with Crippen LogP contribution in [0, 0.1) is 0 Å². The molecule has 1 N–H and O–H groups in total. The van der Waals surface area contributed by atoms with Gasteiger partial charge in [0.2, 0.25) is 0 Å². The number of carbonyl (C=O) groups is 1. The summed E-state index contributed by atoms with van der Waals surface area (Å²) in [5.74, 6) is 1.09. The van der Waals surface area contributed by atoms with E-state index in [0.29, 0.717) is 31.1 Å². The van der Waals surface area contributed by atoms with Gasteiger partial charge in [-0.25, -0.2) is 14.8 Å². The molecule has 2 atom stereocenters. The molecule has 2 fully saturated rings. The molecule has 0 saturated carbocycles. The number of aromatic nitrogens is 2. The predicted octanol–water partition coefficient (Wildman–Crippen LogP) is 4.03. The molecule has 5 rings (SSSR count). The Balaban J connectivity index is 1.51. The van der Waals surface area contributed by atoms with Crippen LogP contribution in [0.4, 0.5) is 41.1 Å². The third kappa shape index (κ3) is 3.64. The minimum atomic E-state index is -4.32. The van der Waals surface area contributed by atoms with Gasteiger partial charge < -0.3 is 9.80 Å². The van der Waals surface area contributed by atoms with Crippen molar-refractivity contribution in [3.8, 4) is 0 Å². The normalized spacial score (nSPS) is 23.0. The van der Waals surface area contributed by atoms with Crippen LogP contribution in [0.25, 0.3) is 0 Å². The zero-order chi connectivity index (χ0) is 21.6. The number of amides is 2. The Kier molecular flexibility index (Phi) is 4.86. The lowest BCUT2D eigenvalue weighted by Gasteiger charge is -2.46. The maximum atomic E-state index is 13.5. The Hall–Kier alpha value is -3.04. The van der Waals surface area contributed by atoms with Crippen LogP contribution in [0.2, 0.25) is 0 Å². The van der Waals surface area contributed by atoms with Crippen LogP contribution in [0.5, 0.6) is 0 Å². The van der Waals surface area contributed by atoms with Crippen molar-refractivity contribution in [3.05, 3.63) is 36.5 Å². The number of carbonyl (C=O) groups excluding carboxylic acids is 1. The molecule has 3 aliphatic rings. The second-order valence-corrected chi connectivity index (χ2v) is 8.16. The van der Waals surface area contributed by atoms with Crippen molar-refractivity contribution in [3.63, 3.8) is 0 Å². The second-order valence-electron chi connectivity index (χ2n) is 8.16. The predicted molar refractivity (Wildman–Crippen MR) is 112 cm³/mol. The number of pyridine rings is 2. The van der Waals surface area contributed by atoms with Crippen LogP contribution in [-0.4, -0.2) is 53.9 Å². The quantitative estimate of drug-likeness (QED) is 0.776. The minimum Gasteiger partial charge on any atom is -0.366 e. The van der Waals surface area contributed by atoms with E-state index in [1.807, 2.05) is 0 Å². The summed E-state index contributed by atoms with van der Waals surface area (Å²) in [6.07, 6.45) is -0.469. The van der Waals surface area contributed by atoms with Crippen molar-refractivity contribution >= 4 is 29.2 Å². The van der Waals surface area contributed by atoms with Gasteiger partial charge in [0.1, 0.15) is 17.7 Å². The lowest BCUT2D eigenvalue weighted by Crippen LogP contribution is -2.56. The van der Waals surface area contributed by atoms with E-state index in [0.717, 1.165) is 25.1 Å². The molecule has 0 aromatic carbocycles. The molecule has 2 amide bonds. The maximum absolute atomic E-state index is 13.5. The number of nitrogens with one attached hydrogen (secondary N) is 1. The molecular weight excluding hydrogens is 409 g/mol. The van der Waals surface area contributed by atoms with Gasteiger partial charge in [-0.15, -0.1) is 0 Å². The molecule has 0 radical (unpaired) electrons. The average Bonchev–Trinajstić information content (AvgIpc) is 3.25. The van der Waals surface area contributed by atoms with Gasteiger partial charge in [-0.3, -0.25) is 10.2 Å². The SMILES string of the molecule is O=C(Nc1ccccn1)N1c2nc(N3CCC[C@@H]3C(F)(F)F)ccc2N2CCC[C@H]1C2. The lowest BCUT2D eigenvalue weighted by atomic mass is 10.00.